The van der Waals surface area contributed by atoms with E-state index in [0.717, 1.165) is 0 Å². The summed E-state index contributed by atoms with van der Waals surface area (Å²) in [7, 11) is -5.17. The zero-order chi connectivity index (χ0) is 12.2. The van der Waals surface area contributed by atoms with E-state index in [1.54, 1.807) is 0 Å². The zero-order valence-corrected chi connectivity index (χ0v) is 8.56. The standard InChI is InChI=1S/C4H8N6.H2O4S.H2O/c5-1-2(6)9-4(8)10-3(1)7;1-5(2,3)4;/h5H2,(H6,6,7,8,9,10);(H2,1,2,3,4);1H2/p-2. The van der Waals surface area contributed by atoms with Gasteiger partial charge in [-0.2, -0.15) is 9.97 Å². The third-order valence-electron chi connectivity index (χ3n) is 1.02. The predicted octanol–water partition coefficient (Wildman–Crippen LogP) is -3.36. The van der Waals surface area contributed by atoms with Crippen LogP contribution in [0.15, 0.2) is 0 Å². The van der Waals surface area contributed by atoms with Crippen molar-refractivity contribution in [3.8, 4) is 0 Å². The lowest BCUT2D eigenvalue weighted by molar-refractivity contribution is 0.352. The van der Waals surface area contributed by atoms with Crippen molar-refractivity contribution in [2.75, 3.05) is 22.9 Å². The molecule has 10 N–H and O–H groups in total. The van der Waals surface area contributed by atoms with E-state index in [1.807, 2.05) is 0 Å². The van der Waals surface area contributed by atoms with E-state index in [2.05, 4.69) is 9.97 Å². The molecule has 0 saturated heterocycles. The lowest BCUT2D eigenvalue weighted by Crippen LogP contribution is -2.07. The zero-order valence-electron chi connectivity index (χ0n) is 7.75. The van der Waals surface area contributed by atoms with Gasteiger partial charge in [0.2, 0.25) is 5.95 Å². The Bertz CT molecular complexity index is 415. The molecule has 12 heteroatoms. The van der Waals surface area contributed by atoms with Crippen molar-refractivity contribution in [1.29, 1.82) is 0 Å². The van der Waals surface area contributed by atoms with Gasteiger partial charge in [0.25, 0.3) is 0 Å². The first-order valence-electron chi connectivity index (χ1n) is 3.22. The number of nitrogen functional groups attached to an aromatic ring is 4. The maximum absolute atomic E-state index is 8.52. The summed E-state index contributed by atoms with van der Waals surface area (Å²) in [5.41, 5.74) is 21.3. The minimum absolute atomic E-state index is 0. The van der Waals surface area contributed by atoms with Gasteiger partial charge in [0.1, 0.15) is 5.69 Å². The molecule has 1 aromatic heterocycles. The Morgan fingerprint density at radius 2 is 1.19 bits per heavy atom. The summed E-state index contributed by atoms with van der Waals surface area (Å²) in [6, 6.07) is 0. The number of rotatable bonds is 0. The Labute approximate surface area is 90.3 Å². The Hall–Kier alpha value is -1.89. The molecule has 0 radical (unpaired) electrons. The summed E-state index contributed by atoms with van der Waals surface area (Å²) >= 11 is 0. The lowest BCUT2D eigenvalue weighted by Gasteiger charge is -2.06. The molecule has 1 heterocycles. The van der Waals surface area contributed by atoms with Crippen molar-refractivity contribution in [3.63, 3.8) is 0 Å². The number of nitrogens with zero attached hydrogens (tertiary/aromatic N) is 2. The molecule has 16 heavy (non-hydrogen) atoms. The monoisotopic (exact) mass is 254 g/mol. The van der Waals surface area contributed by atoms with Gasteiger partial charge < -0.3 is 37.5 Å². The maximum Gasteiger partial charge on any atom is 0.224 e. The van der Waals surface area contributed by atoms with Gasteiger partial charge in [0, 0.05) is 10.4 Å². The molecular formula is C4H10N6O5S-2. The lowest BCUT2D eigenvalue weighted by atomic mass is 10.4. The molecule has 0 aromatic carbocycles. The molecule has 0 bridgehead atoms. The van der Waals surface area contributed by atoms with E-state index in [-0.39, 0.29) is 28.7 Å². The fourth-order valence-corrected chi connectivity index (χ4v) is 0.523. The number of hydrogen-bond donors (Lipinski definition) is 4. The van der Waals surface area contributed by atoms with Gasteiger partial charge in [0.15, 0.2) is 11.6 Å². The van der Waals surface area contributed by atoms with Crippen molar-refractivity contribution in [1.82, 2.24) is 9.97 Å². The number of hydrogen-bond acceptors (Lipinski definition) is 10. The van der Waals surface area contributed by atoms with Gasteiger partial charge in [-0.15, -0.1) is 0 Å². The number of anilines is 4. The highest BCUT2D eigenvalue weighted by Crippen LogP contribution is 2.17. The third kappa shape index (κ3) is 7.51. The van der Waals surface area contributed by atoms with Crippen molar-refractivity contribution in [2.45, 2.75) is 0 Å². The minimum atomic E-state index is -5.17. The summed E-state index contributed by atoms with van der Waals surface area (Å²) < 4.78 is 34.1. The van der Waals surface area contributed by atoms with Gasteiger partial charge in [0.05, 0.1) is 0 Å². The van der Waals surface area contributed by atoms with E-state index >= 15 is 0 Å². The smallest absolute Gasteiger partial charge is 0.224 e. The molecule has 0 unspecified atom stereocenters. The number of nitrogens with two attached hydrogens (primary N) is 4. The van der Waals surface area contributed by atoms with E-state index in [0.29, 0.717) is 0 Å². The van der Waals surface area contributed by atoms with Crippen LogP contribution in [0.4, 0.5) is 23.3 Å². The van der Waals surface area contributed by atoms with E-state index in [9.17, 15) is 0 Å². The molecule has 0 amide bonds. The van der Waals surface area contributed by atoms with Crippen LogP contribution < -0.4 is 22.9 Å². The van der Waals surface area contributed by atoms with E-state index < -0.39 is 10.4 Å². The molecule has 94 valence electrons. The van der Waals surface area contributed by atoms with Gasteiger partial charge in [-0.25, -0.2) is 0 Å². The highest BCUT2D eigenvalue weighted by atomic mass is 32.3. The molecule has 0 spiro atoms. The van der Waals surface area contributed by atoms with Gasteiger partial charge in [-0.05, 0) is 0 Å². The molecule has 0 saturated carbocycles. The van der Waals surface area contributed by atoms with Crippen LogP contribution >= 0.6 is 0 Å². The van der Waals surface area contributed by atoms with Crippen molar-refractivity contribution < 1.29 is 23.0 Å². The molecule has 0 aliphatic carbocycles. The molecule has 1 aromatic rings. The first-order chi connectivity index (χ1) is 6.61. The van der Waals surface area contributed by atoms with Crippen molar-refractivity contribution in [3.05, 3.63) is 0 Å². The van der Waals surface area contributed by atoms with E-state index in [1.165, 1.54) is 0 Å². The fourth-order valence-electron chi connectivity index (χ4n) is 0.523. The van der Waals surface area contributed by atoms with Crippen LogP contribution in [0.3, 0.4) is 0 Å². The average molecular weight is 254 g/mol. The largest absolute Gasteiger partial charge is 0.759 e. The molecule has 1 rings (SSSR count). The summed E-state index contributed by atoms with van der Waals surface area (Å²) in [4.78, 5) is 7.15. The predicted molar refractivity (Wildman–Crippen MR) is 53.8 cm³/mol. The molecule has 0 aliphatic heterocycles. The maximum atomic E-state index is 8.52. The highest BCUT2D eigenvalue weighted by Gasteiger charge is 2.02. The van der Waals surface area contributed by atoms with Gasteiger partial charge in [-0.1, -0.05) is 0 Å². The van der Waals surface area contributed by atoms with Crippen LogP contribution in [0, 0.1) is 0 Å². The second-order valence-electron chi connectivity index (χ2n) is 2.17. The topological polar surface area (TPSA) is 242 Å². The second-order valence-corrected chi connectivity index (χ2v) is 2.99. The van der Waals surface area contributed by atoms with Crippen molar-refractivity contribution >= 4 is 33.7 Å². The minimum Gasteiger partial charge on any atom is -0.759 e. The first kappa shape index (κ1) is 16.5. The average Bonchev–Trinajstić information content (AvgIpc) is 1.96. The molecule has 11 nitrogen and oxygen atoms in total. The Balaban J connectivity index is 0. The quantitative estimate of drug-likeness (QED) is 0.264. The summed E-state index contributed by atoms with van der Waals surface area (Å²) in [5, 5.41) is 0. The molecule has 0 aliphatic rings. The summed E-state index contributed by atoms with van der Waals surface area (Å²) in [5.74, 6) is 0.263. The van der Waals surface area contributed by atoms with Crippen LogP contribution in [-0.4, -0.2) is 33.0 Å². The fraction of sp³-hybridized carbons (Fsp3) is 0. The normalized spacial score (nSPS) is 9.62. The van der Waals surface area contributed by atoms with Crippen LogP contribution in [0.2, 0.25) is 0 Å². The van der Waals surface area contributed by atoms with E-state index in [4.69, 9.17) is 40.5 Å². The highest BCUT2D eigenvalue weighted by molar-refractivity contribution is 7.79. The van der Waals surface area contributed by atoms with Gasteiger partial charge >= 0.3 is 0 Å². The summed E-state index contributed by atoms with van der Waals surface area (Å²) in [6.45, 7) is 0. The SMILES string of the molecule is Nc1nc(N)c(N)c(N)n1.O.O=S(=O)([O-])[O-]. The second kappa shape index (κ2) is 5.86. The Morgan fingerprint density at radius 1 is 0.938 bits per heavy atom. The molecule has 0 fully saturated rings. The third-order valence-corrected chi connectivity index (χ3v) is 1.02. The van der Waals surface area contributed by atoms with Crippen molar-refractivity contribution in [2.24, 2.45) is 0 Å². The van der Waals surface area contributed by atoms with Crippen LogP contribution in [-0.2, 0) is 10.4 Å². The Morgan fingerprint density at radius 3 is 1.44 bits per heavy atom. The van der Waals surface area contributed by atoms with Gasteiger partial charge in [-0.3, -0.25) is 8.42 Å². The first-order valence-corrected chi connectivity index (χ1v) is 4.55. The van der Waals surface area contributed by atoms with Crippen LogP contribution in [0.5, 0.6) is 0 Å². The Kier molecular flexibility index (Phi) is 6.06. The molecule has 0 atom stereocenters. The molecular weight excluding hydrogens is 244 g/mol. The van der Waals surface area contributed by atoms with Crippen LogP contribution in [0.1, 0.15) is 0 Å². The van der Waals surface area contributed by atoms with Crippen LogP contribution in [0.25, 0.3) is 0 Å². The number of aromatic nitrogens is 2. The summed E-state index contributed by atoms with van der Waals surface area (Å²) in [6.07, 6.45) is 0.